The van der Waals surface area contributed by atoms with E-state index in [0.717, 1.165) is 45.7 Å². The van der Waals surface area contributed by atoms with Gasteiger partial charge in [-0.3, -0.25) is 9.69 Å². The minimum absolute atomic E-state index is 0.0104. The molecule has 3 heterocycles. The van der Waals surface area contributed by atoms with Crippen LogP contribution >= 0.6 is 0 Å². The molecule has 2 saturated carbocycles. The van der Waals surface area contributed by atoms with Gasteiger partial charge in [-0.2, -0.15) is 0 Å². The van der Waals surface area contributed by atoms with E-state index < -0.39 is 0 Å². The molecule has 7 unspecified atom stereocenters. The Morgan fingerprint density at radius 3 is 2.65 bits per heavy atom. The molecule has 0 radical (unpaired) electrons. The average Bonchev–Trinajstić information content (AvgIpc) is 3.31. The highest BCUT2D eigenvalue weighted by Gasteiger charge is 2.78. The molecule has 0 aromatic heterocycles. The SMILES string of the molecule is CCN1CCN(CC2C(=O)OC3CC4(C)CCCC(C)C45OC5C32)CC1. The lowest BCUT2D eigenvalue weighted by Gasteiger charge is -2.49. The van der Waals surface area contributed by atoms with E-state index in [0.29, 0.717) is 5.92 Å². The van der Waals surface area contributed by atoms with E-state index in [1.54, 1.807) is 0 Å². The van der Waals surface area contributed by atoms with Gasteiger partial charge in [-0.15, -0.1) is 0 Å². The third-order valence-electron chi connectivity index (χ3n) is 8.56. The van der Waals surface area contributed by atoms with E-state index in [9.17, 15) is 4.79 Å². The first-order chi connectivity index (χ1) is 12.5. The number of rotatable bonds is 3. The molecular weight excluding hydrogens is 328 g/mol. The third kappa shape index (κ3) is 2.29. The summed E-state index contributed by atoms with van der Waals surface area (Å²) in [5.41, 5.74) is 0.220. The minimum Gasteiger partial charge on any atom is -0.462 e. The van der Waals surface area contributed by atoms with Gasteiger partial charge in [-0.1, -0.05) is 27.2 Å². The Labute approximate surface area is 157 Å². The van der Waals surface area contributed by atoms with Crippen LogP contribution < -0.4 is 0 Å². The van der Waals surface area contributed by atoms with E-state index in [4.69, 9.17) is 9.47 Å². The van der Waals surface area contributed by atoms with Crippen LogP contribution in [0.3, 0.4) is 0 Å². The molecule has 3 saturated heterocycles. The molecule has 0 bridgehead atoms. The molecule has 5 nitrogen and oxygen atoms in total. The Kier molecular flexibility index (Phi) is 3.97. The summed E-state index contributed by atoms with van der Waals surface area (Å²) in [6.07, 6.45) is 5.10. The first-order valence-corrected chi connectivity index (χ1v) is 10.8. The lowest BCUT2D eigenvalue weighted by molar-refractivity contribution is -0.146. The van der Waals surface area contributed by atoms with Crippen LogP contribution in [0.4, 0.5) is 0 Å². The maximum Gasteiger partial charge on any atom is 0.311 e. The fraction of sp³-hybridized carbons (Fsp3) is 0.952. The molecule has 0 aromatic rings. The summed E-state index contributed by atoms with van der Waals surface area (Å²) in [5.74, 6) is 0.937. The van der Waals surface area contributed by atoms with Crippen LogP contribution in [0.25, 0.3) is 0 Å². The van der Waals surface area contributed by atoms with Gasteiger partial charge in [-0.05, 0) is 31.7 Å². The number of ether oxygens (including phenoxy) is 2. The van der Waals surface area contributed by atoms with Gasteiger partial charge in [0.05, 0.1) is 12.0 Å². The molecule has 5 rings (SSSR count). The standard InChI is InChI=1S/C21H34N2O3/c1-4-22-8-10-23(11-9-22)13-15-17-16(25-19(15)24)12-20(3)7-5-6-14(2)21(20)18(17)26-21/h14-18H,4-13H2,1-3H3. The summed E-state index contributed by atoms with van der Waals surface area (Å²) < 4.78 is 12.5. The molecule has 2 aliphatic carbocycles. The summed E-state index contributed by atoms with van der Waals surface area (Å²) in [5, 5.41) is 0. The highest BCUT2D eigenvalue weighted by atomic mass is 16.6. The van der Waals surface area contributed by atoms with Gasteiger partial charge in [0.2, 0.25) is 0 Å². The molecule has 0 N–H and O–H groups in total. The molecule has 7 atom stereocenters. The first-order valence-electron chi connectivity index (χ1n) is 10.8. The third-order valence-corrected chi connectivity index (χ3v) is 8.56. The Bertz CT molecular complexity index is 590. The Morgan fingerprint density at radius 2 is 1.92 bits per heavy atom. The molecule has 5 aliphatic rings. The van der Waals surface area contributed by atoms with Gasteiger partial charge in [-0.25, -0.2) is 0 Å². The second kappa shape index (κ2) is 5.92. The predicted octanol–water partition coefficient (Wildman–Crippen LogP) is 2.15. The van der Waals surface area contributed by atoms with Gasteiger partial charge in [0.1, 0.15) is 11.7 Å². The van der Waals surface area contributed by atoms with Gasteiger partial charge in [0.25, 0.3) is 0 Å². The minimum atomic E-state index is 0.0104. The summed E-state index contributed by atoms with van der Waals surface area (Å²) in [6, 6.07) is 0. The first kappa shape index (κ1) is 17.4. The van der Waals surface area contributed by atoms with E-state index in [1.165, 1.54) is 19.3 Å². The van der Waals surface area contributed by atoms with Crippen molar-refractivity contribution in [2.24, 2.45) is 23.2 Å². The van der Waals surface area contributed by atoms with E-state index in [2.05, 4.69) is 30.6 Å². The zero-order chi connectivity index (χ0) is 18.1. The van der Waals surface area contributed by atoms with Crippen molar-refractivity contribution in [2.75, 3.05) is 39.3 Å². The van der Waals surface area contributed by atoms with Crippen LogP contribution in [0.1, 0.15) is 46.5 Å². The summed E-state index contributed by atoms with van der Waals surface area (Å²) >= 11 is 0. The summed E-state index contributed by atoms with van der Waals surface area (Å²) in [6.45, 7) is 13.3. The van der Waals surface area contributed by atoms with Crippen LogP contribution in [0.15, 0.2) is 0 Å². The normalized spacial score (nSPS) is 51.3. The van der Waals surface area contributed by atoms with E-state index in [1.807, 2.05) is 0 Å². The zero-order valence-corrected chi connectivity index (χ0v) is 16.6. The van der Waals surface area contributed by atoms with E-state index >= 15 is 0 Å². The van der Waals surface area contributed by atoms with Crippen molar-refractivity contribution in [3.8, 4) is 0 Å². The number of piperazine rings is 1. The van der Waals surface area contributed by atoms with Crippen LogP contribution in [-0.2, 0) is 14.3 Å². The monoisotopic (exact) mass is 362 g/mol. The van der Waals surface area contributed by atoms with Crippen LogP contribution in [-0.4, -0.2) is 72.8 Å². The van der Waals surface area contributed by atoms with Crippen molar-refractivity contribution >= 4 is 5.97 Å². The number of carbonyl (C=O) groups excluding carboxylic acids is 1. The molecule has 5 heteroatoms. The van der Waals surface area contributed by atoms with Crippen molar-refractivity contribution < 1.29 is 14.3 Å². The molecule has 146 valence electrons. The Balaban J connectivity index is 1.34. The van der Waals surface area contributed by atoms with Gasteiger partial charge < -0.3 is 14.4 Å². The second-order valence-electron chi connectivity index (χ2n) is 9.78. The number of carbonyl (C=O) groups is 1. The topological polar surface area (TPSA) is 45.3 Å². The number of hydrogen-bond acceptors (Lipinski definition) is 5. The molecule has 1 spiro atoms. The van der Waals surface area contributed by atoms with Gasteiger partial charge in [0.15, 0.2) is 0 Å². The number of hydrogen-bond donors (Lipinski definition) is 0. The van der Waals surface area contributed by atoms with Crippen molar-refractivity contribution in [1.29, 1.82) is 0 Å². The van der Waals surface area contributed by atoms with Crippen LogP contribution in [0.2, 0.25) is 0 Å². The number of likely N-dealkylation sites (N-methyl/N-ethyl adjacent to an activating group) is 1. The van der Waals surface area contributed by atoms with Crippen molar-refractivity contribution in [2.45, 2.75) is 64.3 Å². The van der Waals surface area contributed by atoms with Crippen molar-refractivity contribution in [1.82, 2.24) is 9.80 Å². The number of epoxide rings is 1. The largest absolute Gasteiger partial charge is 0.462 e. The quantitative estimate of drug-likeness (QED) is 0.569. The maximum absolute atomic E-state index is 12.8. The number of nitrogens with zero attached hydrogens (tertiary/aromatic N) is 2. The van der Waals surface area contributed by atoms with Gasteiger partial charge in [0, 0.05) is 44.1 Å². The lowest BCUT2D eigenvalue weighted by atomic mass is 9.53. The maximum atomic E-state index is 12.8. The molecule has 3 aliphatic heterocycles. The number of esters is 1. The van der Waals surface area contributed by atoms with Crippen LogP contribution in [0, 0.1) is 23.2 Å². The predicted molar refractivity (Wildman–Crippen MR) is 98.8 cm³/mol. The average molecular weight is 363 g/mol. The molecular formula is C21H34N2O3. The zero-order valence-electron chi connectivity index (χ0n) is 16.6. The Hall–Kier alpha value is -0.650. The molecule has 0 amide bonds. The smallest absolute Gasteiger partial charge is 0.311 e. The van der Waals surface area contributed by atoms with E-state index in [-0.39, 0.29) is 41.0 Å². The van der Waals surface area contributed by atoms with Gasteiger partial charge >= 0.3 is 5.97 Å². The molecule has 0 aromatic carbocycles. The summed E-state index contributed by atoms with van der Waals surface area (Å²) in [7, 11) is 0. The van der Waals surface area contributed by atoms with Crippen LogP contribution in [0.5, 0.6) is 0 Å². The summed E-state index contributed by atoms with van der Waals surface area (Å²) in [4.78, 5) is 17.7. The fourth-order valence-corrected chi connectivity index (χ4v) is 7.01. The second-order valence-corrected chi connectivity index (χ2v) is 9.78. The Morgan fingerprint density at radius 1 is 1.19 bits per heavy atom. The number of fused-ring (bicyclic) bond motifs is 2. The fourth-order valence-electron chi connectivity index (χ4n) is 7.01. The van der Waals surface area contributed by atoms with Crippen molar-refractivity contribution in [3.05, 3.63) is 0 Å². The highest BCUT2D eigenvalue weighted by molar-refractivity contribution is 5.76. The molecule has 26 heavy (non-hydrogen) atoms. The molecule has 5 fully saturated rings. The lowest BCUT2D eigenvalue weighted by Crippen LogP contribution is -2.55. The van der Waals surface area contributed by atoms with Crippen molar-refractivity contribution in [3.63, 3.8) is 0 Å². The highest BCUT2D eigenvalue weighted by Crippen LogP contribution is 2.70.